The normalized spacial score (nSPS) is 12.1. The molecule has 0 aliphatic carbocycles. The maximum Gasteiger partial charge on any atom is 0.417 e. The van der Waals surface area contributed by atoms with Gasteiger partial charge in [0.1, 0.15) is 5.69 Å². The van der Waals surface area contributed by atoms with Gasteiger partial charge in [0.05, 0.1) is 27.8 Å². The average Bonchev–Trinajstić information content (AvgIpc) is 2.98. The first-order valence-corrected chi connectivity index (χ1v) is 10.8. The van der Waals surface area contributed by atoms with Gasteiger partial charge in [-0.2, -0.15) is 13.2 Å². The molecule has 0 spiro atoms. The van der Waals surface area contributed by atoms with Crippen molar-refractivity contribution >= 4 is 56.0 Å². The minimum atomic E-state index is -4.55. The van der Waals surface area contributed by atoms with Crippen molar-refractivity contribution in [2.45, 2.75) is 24.9 Å². The van der Waals surface area contributed by atoms with E-state index < -0.39 is 11.7 Å². The number of rotatable bonds is 4. The van der Waals surface area contributed by atoms with Gasteiger partial charge >= 0.3 is 6.18 Å². The standard InChI is InChI=1S/C21H15BrF3N3OS/c1-3-30-17-6-12-4-5-14(22)8-15(12)27-19(17)20-11(2)18-16(28(20)10-29)7-13(9-26-18)21(23,24)25/h4-10H,3H2,1-2H3. The van der Waals surface area contributed by atoms with Gasteiger partial charge < -0.3 is 0 Å². The number of aromatic nitrogens is 3. The van der Waals surface area contributed by atoms with Crippen LogP contribution in [0, 0.1) is 6.92 Å². The van der Waals surface area contributed by atoms with Crippen molar-refractivity contribution < 1.29 is 18.0 Å². The Kier molecular flexibility index (Phi) is 5.36. The molecule has 0 amide bonds. The molecule has 0 atom stereocenters. The van der Waals surface area contributed by atoms with Crippen LogP contribution in [0.2, 0.25) is 0 Å². The zero-order valence-electron chi connectivity index (χ0n) is 15.9. The van der Waals surface area contributed by atoms with Crippen molar-refractivity contribution in [1.29, 1.82) is 0 Å². The van der Waals surface area contributed by atoms with Crippen LogP contribution in [0.5, 0.6) is 0 Å². The molecule has 3 heterocycles. The molecular formula is C21H15BrF3N3OS. The Morgan fingerprint density at radius 2 is 2.00 bits per heavy atom. The molecule has 0 unspecified atom stereocenters. The van der Waals surface area contributed by atoms with Crippen LogP contribution < -0.4 is 0 Å². The number of aryl methyl sites for hydroxylation is 1. The molecule has 0 aliphatic heterocycles. The van der Waals surface area contributed by atoms with E-state index in [1.54, 1.807) is 18.7 Å². The highest BCUT2D eigenvalue weighted by Crippen LogP contribution is 2.39. The highest BCUT2D eigenvalue weighted by Gasteiger charge is 2.32. The number of pyridine rings is 2. The Morgan fingerprint density at radius 3 is 2.67 bits per heavy atom. The molecule has 4 nitrogen and oxygen atoms in total. The van der Waals surface area contributed by atoms with Crippen molar-refractivity contribution in [3.8, 4) is 11.4 Å². The van der Waals surface area contributed by atoms with Crippen molar-refractivity contribution in [3.63, 3.8) is 0 Å². The molecule has 0 N–H and O–H groups in total. The first-order valence-electron chi connectivity index (χ1n) is 9.01. The molecule has 0 aliphatic rings. The molecule has 0 fully saturated rings. The molecule has 0 saturated heterocycles. The summed E-state index contributed by atoms with van der Waals surface area (Å²) >= 11 is 4.99. The lowest BCUT2D eigenvalue weighted by Gasteiger charge is -2.12. The van der Waals surface area contributed by atoms with Gasteiger partial charge in [-0.1, -0.05) is 28.9 Å². The summed E-state index contributed by atoms with van der Waals surface area (Å²) in [4.78, 5) is 21.6. The minimum Gasteiger partial charge on any atom is -0.279 e. The Bertz CT molecular complexity index is 1300. The summed E-state index contributed by atoms with van der Waals surface area (Å²) in [6.45, 7) is 3.74. The summed E-state index contributed by atoms with van der Waals surface area (Å²) in [5, 5.41) is 0.932. The first-order chi connectivity index (χ1) is 14.2. The van der Waals surface area contributed by atoms with E-state index in [-0.39, 0.29) is 5.52 Å². The van der Waals surface area contributed by atoms with Crippen molar-refractivity contribution in [3.05, 3.63) is 52.1 Å². The first kappa shape index (κ1) is 20.9. The monoisotopic (exact) mass is 493 g/mol. The summed E-state index contributed by atoms with van der Waals surface area (Å²) in [7, 11) is 0. The predicted octanol–water partition coefficient (Wildman–Crippen LogP) is 6.49. The average molecular weight is 494 g/mol. The molecule has 3 aromatic heterocycles. The van der Waals surface area contributed by atoms with Crippen LogP contribution in [-0.2, 0) is 11.0 Å². The number of fused-ring (bicyclic) bond motifs is 2. The van der Waals surface area contributed by atoms with Gasteiger partial charge in [0.15, 0.2) is 0 Å². The molecule has 9 heteroatoms. The number of hydrogen-bond donors (Lipinski definition) is 0. The minimum absolute atomic E-state index is 0.107. The van der Waals surface area contributed by atoms with Crippen LogP contribution >= 0.6 is 27.7 Å². The highest BCUT2D eigenvalue weighted by atomic mass is 79.9. The van der Waals surface area contributed by atoms with E-state index >= 15 is 0 Å². The van der Waals surface area contributed by atoms with Crippen LogP contribution in [0.3, 0.4) is 0 Å². The number of carbonyl (C=O) groups excluding carboxylic acids is 1. The molecular weight excluding hydrogens is 479 g/mol. The van der Waals surface area contributed by atoms with E-state index in [0.29, 0.717) is 34.4 Å². The van der Waals surface area contributed by atoms with E-state index in [4.69, 9.17) is 4.98 Å². The molecule has 4 rings (SSSR count). The second kappa shape index (κ2) is 7.70. The van der Waals surface area contributed by atoms with Crippen molar-refractivity contribution in [1.82, 2.24) is 14.5 Å². The lowest BCUT2D eigenvalue weighted by molar-refractivity contribution is -0.137. The SMILES string of the molecule is CCSc1cc2ccc(Br)cc2nc1-c1c(C)c2ncc(C(F)(F)F)cc2n1C=O. The quantitative estimate of drug-likeness (QED) is 0.240. The third-order valence-electron chi connectivity index (χ3n) is 4.78. The van der Waals surface area contributed by atoms with Gasteiger partial charge in [0.25, 0.3) is 0 Å². The maximum atomic E-state index is 13.2. The number of nitrogens with zero attached hydrogens (tertiary/aromatic N) is 3. The summed E-state index contributed by atoms with van der Waals surface area (Å²) in [6.07, 6.45) is -3.25. The van der Waals surface area contributed by atoms with Gasteiger partial charge in [-0.3, -0.25) is 14.3 Å². The van der Waals surface area contributed by atoms with Gasteiger partial charge in [-0.15, -0.1) is 11.8 Å². The molecule has 0 bridgehead atoms. The fourth-order valence-electron chi connectivity index (χ4n) is 3.45. The smallest absolute Gasteiger partial charge is 0.279 e. The molecule has 1 aromatic carbocycles. The Labute approximate surface area is 182 Å². The van der Waals surface area contributed by atoms with E-state index in [1.165, 1.54) is 4.57 Å². The summed E-state index contributed by atoms with van der Waals surface area (Å²) in [6, 6.07) is 8.66. The number of alkyl halides is 3. The van der Waals surface area contributed by atoms with Crippen LogP contribution in [0.15, 0.2) is 45.9 Å². The highest BCUT2D eigenvalue weighted by molar-refractivity contribution is 9.10. The second-order valence-electron chi connectivity index (χ2n) is 6.64. The van der Waals surface area contributed by atoms with Crippen LogP contribution in [-0.4, -0.2) is 26.7 Å². The van der Waals surface area contributed by atoms with E-state index in [1.807, 2.05) is 31.2 Å². The predicted molar refractivity (Wildman–Crippen MR) is 116 cm³/mol. The molecule has 30 heavy (non-hydrogen) atoms. The van der Waals surface area contributed by atoms with Crippen molar-refractivity contribution in [2.75, 3.05) is 5.75 Å². The Hall–Kier alpha value is -2.39. The van der Waals surface area contributed by atoms with Gasteiger partial charge in [0.2, 0.25) is 6.41 Å². The lowest BCUT2D eigenvalue weighted by atomic mass is 10.1. The molecule has 154 valence electrons. The van der Waals surface area contributed by atoms with Crippen LogP contribution in [0.4, 0.5) is 13.2 Å². The maximum absolute atomic E-state index is 13.2. The van der Waals surface area contributed by atoms with Crippen molar-refractivity contribution in [2.24, 2.45) is 0 Å². The summed E-state index contributed by atoms with van der Waals surface area (Å²) < 4.78 is 41.7. The Balaban J connectivity index is 2.07. The number of carbonyl (C=O) groups is 1. The van der Waals surface area contributed by atoms with Gasteiger partial charge in [-0.25, -0.2) is 4.98 Å². The van der Waals surface area contributed by atoms with E-state index in [2.05, 4.69) is 20.9 Å². The number of halogens is 4. The van der Waals surface area contributed by atoms with E-state index in [9.17, 15) is 18.0 Å². The fourth-order valence-corrected chi connectivity index (χ4v) is 4.60. The number of thioether (sulfide) groups is 1. The summed E-state index contributed by atoms with van der Waals surface area (Å²) in [5.41, 5.74) is 1.86. The topological polar surface area (TPSA) is 47.8 Å². The van der Waals surface area contributed by atoms with Crippen LogP contribution in [0.25, 0.3) is 33.3 Å². The fraction of sp³-hybridized carbons (Fsp3) is 0.190. The van der Waals surface area contributed by atoms with Crippen LogP contribution in [0.1, 0.15) is 18.1 Å². The third-order valence-corrected chi connectivity index (χ3v) is 6.18. The lowest BCUT2D eigenvalue weighted by Crippen LogP contribution is -2.06. The number of benzene rings is 1. The zero-order valence-corrected chi connectivity index (χ0v) is 18.3. The van der Waals surface area contributed by atoms with E-state index in [0.717, 1.165) is 32.8 Å². The van der Waals surface area contributed by atoms with Gasteiger partial charge in [0, 0.05) is 26.5 Å². The Morgan fingerprint density at radius 1 is 1.23 bits per heavy atom. The zero-order chi connectivity index (χ0) is 21.6. The second-order valence-corrected chi connectivity index (χ2v) is 8.87. The number of hydrogen-bond acceptors (Lipinski definition) is 4. The summed E-state index contributed by atoms with van der Waals surface area (Å²) in [5.74, 6) is 0.771. The largest absolute Gasteiger partial charge is 0.417 e. The molecule has 4 aromatic rings. The molecule has 0 saturated carbocycles. The third kappa shape index (κ3) is 3.50. The van der Waals surface area contributed by atoms with Gasteiger partial charge in [-0.05, 0) is 36.9 Å². The molecule has 0 radical (unpaired) electrons.